The number of aromatic nitrogens is 4. The van der Waals surface area contributed by atoms with Crippen LogP contribution in [-0.4, -0.2) is 55.1 Å². The highest BCUT2D eigenvalue weighted by molar-refractivity contribution is 5.98. The van der Waals surface area contributed by atoms with E-state index in [2.05, 4.69) is 14.3 Å². The van der Waals surface area contributed by atoms with Gasteiger partial charge in [0, 0.05) is 49.2 Å². The van der Waals surface area contributed by atoms with Crippen molar-refractivity contribution >= 4 is 28.0 Å². The van der Waals surface area contributed by atoms with E-state index in [4.69, 9.17) is 10.7 Å². The average molecular weight is 507 g/mol. The molecule has 2 saturated carbocycles. The number of ether oxygens (including phenoxy) is 1. The normalized spacial score (nSPS) is 23.2. The SMILES string of the molecule is Cn1c(-c2cc3ccc(OC(F)F)nc3n2CC2CC2)nc2cc(C(=O)N3C[C@H]4CC[C@@H]3[C@@H]4N)ccc21. The molecule has 3 atom stereocenters. The molecular weight excluding hydrogens is 478 g/mol. The number of fused-ring (bicyclic) bond motifs is 4. The minimum absolute atomic E-state index is 0.00959. The van der Waals surface area contributed by atoms with Crippen LogP contribution in [0.2, 0.25) is 0 Å². The summed E-state index contributed by atoms with van der Waals surface area (Å²) >= 11 is 0. The Bertz CT molecular complexity index is 1540. The van der Waals surface area contributed by atoms with Gasteiger partial charge in [-0.2, -0.15) is 13.8 Å². The lowest BCUT2D eigenvalue weighted by Crippen LogP contribution is -2.41. The van der Waals surface area contributed by atoms with Crippen molar-refractivity contribution in [3.05, 3.63) is 42.0 Å². The first-order chi connectivity index (χ1) is 17.9. The second-order valence-electron chi connectivity index (χ2n) is 10.7. The van der Waals surface area contributed by atoms with Gasteiger partial charge in [0.15, 0.2) is 5.82 Å². The highest BCUT2D eigenvalue weighted by Gasteiger charge is 2.46. The summed E-state index contributed by atoms with van der Waals surface area (Å²) < 4.78 is 34.3. The van der Waals surface area contributed by atoms with Gasteiger partial charge in [0.05, 0.1) is 16.7 Å². The first-order valence-corrected chi connectivity index (χ1v) is 12.9. The van der Waals surface area contributed by atoms with Crippen molar-refractivity contribution in [2.45, 2.75) is 50.9 Å². The number of pyridine rings is 1. The fourth-order valence-electron chi connectivity index (χ4n) is 6.21. The predicted octanol–water partition coefficient (Wildman–Crippen LogP) is 4.16. The van der Waals surface area contributed by atoms with Crippen molar-refractivity contribution in [2.75, 3.05) is 6.54 Å². The molecule has 1 amide bonds. The Labute approximate surface area is 212 Å². The molecule has 3 fully saturated rings. The fraction of sp³-hybridized carbons (Fsp3) is 0.444. The molecule has 4 heterocycles. The van der Waals surface area contributed by atoms with Crippen LogP contribution in [0.1, 0.15) is 36.0 Å². The van der Waals surface area contributed by atoms with Gasteiger partial charge in [0.2, 0.25) is 5.88 Å². The summed E-state index contributed by atoms with van der Waals surface area (Å²) in [6.45, 7) is -1.48. The Kier molecular flexibility index (Phi) is 5.04. The smallest absolute Gasteiger partial charge is 0.388 e. The molecule has 7 rings (SSSR count). The van der Waals surface area contributed by atoms with Gasteiger partial charge in [-0.1, -0.05) is 0 Å². The third-order valence-corrected chi connectivity index (χ3v) is 8.34. The molecule has 3 aromatic heterocycles. The Balaban J connectivity index is 1.28. The number of nitrogens with two attached hydrogens (primary N) is 1. The van der Waals surface area contributed by atoms with E-state index in [-0.39, 0.29) is 23.9 Å². The number of likely N-dealkylation sites (tertiary alicyclic amines) is 1. The van der Waals surface area contributed by atoms with Crippen LogP contribution >= 0.6 is 0 Å². The summed E-state index contributed by atoms with van der Waals surface area (Å²) in [6.07, 6.45) is 4.32. The molecule has 192 valence electrons. The second kappa shape index (κ2) is 8.24. The van der Waals surface area contributed by atoms with E-state index < -0.39 is 6.61 Å². The van der Waals surface area contributed by atoms with Gasteiger partial charge < -0.3 is 24.5 Å². The van der Waals surface area contributed by atoms with Gasteiger partial charge in [-0.15, -0.1) is 0 Å². The van der Waals surface area contributed by atoms with Crippen molar-refractivity contribution in [1.29, 1.82) is 0 Å². The van der Waals surface area contributed by atoms with E-state index in [0.717, 1.165) is 66.7 Å². The van der Waals surface area contributed by atoms with Crippen LogP contribution < -0.4 is 10.5 Å². The first-order valence-electron chi connectivity index (χ1n) is 12.9. The summed E-state index contributed by atoms with van der Waals surface area (Å²) in [5.41, 5.74) is 10.0. The highest BCUT2D eigenvalue weighted by atomic mass is 19.3. The third kappa shape index (κ3) is 3.68. The van der Waals surface area contributed by atoms with Gasteiger partial charge in [-0.25, -0.2) is 4.98 Å². The molecular formula is C27H28F2N6O2. The lowest BCUT2D eigenvalue weighted by molar-refractivity contribution is -0.0526. The number of benzene rings is 1. The predicted molar refractivity (Wildman–Crippen MR) is 134 cm³/mol. The number of carbonyl (C=O) groups is 1. The topological polar surface area (TPSA) is 91.2 Å². The molecule has 2 N–H and O–H groups in total. The van der Waals surface area contributed by atoms with Gasteiger partial charge in [-0.3, -0.25) is 4.79 Å². The van der Waals surface area contributed by atoms with E-state index in [1.54, 1.807) is 6.07 Å². The van der Waals surface area contributed by atoms with Crippen LogP contribution in [0.5, 0.6) is 5.88 Å². The molecule has 0 radical (unpaired) electrons. The molecule has 1 aromatic carbocycles. The van der Waals surface area contributed by atoms with Crippen molar-refractivity contribution in [3.8, 4) is 17.4 Å². The van der Waals surface area contributed by atoms with Crippen LogP contribution in [0.3, 0.4) is 0 Å². The molecule has 10 heteroatoms. The van der Waals surface area contributed by atoms with Gasteiger partial charge in [0.25, 0.3) is 5.91 Å². The number of rotatable bonds is 6. The van der Waals surface area contributed by atoms with Crippen LogP contribution in [-0.2, 0) is 13.6 Å². The number of imidazole rings is 1. The number of amides is 1. The largest absolute Gasteiger partial charge is 0.417 e. The molecule has 2 aliphatic carbocycles. The number of alkyl halides is 2. The molecule has 4 aromatic rings. The molecule has 8 nitrogen and oxygen atoms in total. The quantitative estimate of drug-likeness (QED) is 0.424. The van der Waals surface area contributed by atoms with Crippen molar-refractivity contribution in [2.24, 2.45) is 24.6 Å². The molecule has 3 aliphatic rings. The number of nitrogens with zero attached hydrogens (tertiary/aromatic N) is 5. The number of carbonyl (C=O) groups excluding carboxylic acids is 1. The van der Waals surface area contributed by atoms with Crippen LogP contribution in [0.15, 0.2) is 36.4 Å². The lowest BCUT2D eigenvalue weighted by Gasteiger charge is -2.27. The van der Waals surface area contributed by atoms with E-state index in [9.17, 15) is 13.6 Å². The summed E-state index contributed by atoms with van der Waals surface area (Å²) in [5, 5.41) is 0.834. The Morgan fingerprint density at radius 2 is 1.97 bits per heavy atom. The van der Waals surface area contributed by atoms with E-state index >= 15 is 0 Å². The average Bonchev–Trinajstić information content (AvgIpc) is 3.30. The zero-order valence-corrected chi connectivity index (χ0v) is 20.5. The molecule has 37 heavy (non-hydrogen) atoms. The third-order valence-electron chi connectivity index (χ3n) is 8.34. The van der Waals surface area contributed by atoms with Crippen LogP contribution in [0.25, 0.3) is 33.6 Å². The van der Waals surface area contributed by atoms with Crippen LogP contribution in [0.4, 0.5) is 8.78 Å². The summed E-state index contributed by atoms with van der Waals surface area (Å²) in [5.74, 6) is 1.56. The lowest BCUT2D eigenvalue weighted by atomic mass is 10.1. The first kappa shape index (κ1) is 22.7. The summed E-state index contributed by atoms with van der Waals surface area (Å²) in [7, 11) is 1.95. The Morgan fingerprint density at radius 3 is 2.68 bits per heavy atom. The van der Waals surface area contributed by atoms with Crippen LogP contribution in [0, 0.1) is 11.8 Å². The number of hydrogen-bond donors (Lipinski definition) is 1. The summed E-state index contributed by atoms with van der Waals surface area (Å²) in [6, 6.07) is 11.1. The van der Waals surface area contributed by atoms with Crippen molar-refractivity contribution in [3.63, 3.8) is 0 Å². The fourth-order valence-corrected chi connectivity index (χ4v) is 6.21. The number of piperidine rings is 1. The van der Waals surface area contributed by atoms with E-state index in [1.807, 2.05) is 40.8 Å². The number of halogens is 2. The zero-order valence-electron chi connectivity index (χ0n) is 20.5. The van der Waals surface area contributed by atoms with Crippen molar-refractivity contribution in [1.82, 2.24) is 24.0 Å². The second-order valence-corrected chi connectivity index (χ2v) is 10.7. The number of hydrogen-bond acceptors (Lipinski definition) is 5. The Morgan fingerprint density at radius 1 is 1.14 bits per heavy atom. The minimum Gasteiger partial charge on any atom is -0.417 e. The van der Waals surface area contributed by atoms with Crippen molar-refractivity contribution < 1.29 is 18.3 Å². The maximum atomic E-state index is 13.4. The zero-order chi connectivity index (χ0) is 25.4. The Hall–Kier alpha value is -3.53. The summed E-state index contributed by atoms with van der Waals surface area (Å²) in [4.78, 5) is 24.6. The molecule has 2 bridgehead atoms. The maximum Gasteiger partial charge on any atom is 0.388 e. The highest BCUT2D eigenvalue weighted by Crippen LogP contribution is 2.39. The number of aryl methyl sites for hydroxylation is 1. The molecule has 1 saturated heterocycles. The monoisotopic (exact) mass is 506 g/mol. The molecule has 0 unspecified atom stereocenters. The standard InChI is InChI=1S/C27H28F2N6O2/c1-33-19-7-4-16(26(36)35-13-17-5-8-20(35)23(17)30)10-18(19)31-25(33)21-11-15-6-9-22(37-27(28)29)32-24(15)34(21)12-14-2-3-14/h4,6-7,9-11,14,17,20,23,27H,2-3,5,8,12-13,30H2,1H3/t17-,20-,23-/m1/s1. The van der Waals surface area contributed by atoms with E-state index in [0.29, 0.717) is 23.0 Å². The molecule has 0 spiro atoms. The van der Waals surface area contributed by atoms with Gasteiger partial charge in [-0.05, 0) is 67.9 Å². The van der Waals surface area contributed by atoms with Gasteiger partial charge >= 0.3 is 6.61 Å². The maximum absolute atomic E-state index is 13.4. The minimum atomic E-state index is -2.93. The van der Waals surface area contributed by atoms with Gasteiger partial charge in [0.1, 0.15) is 5.65 Å². The van der Waals surface area contributed by atoms with E-state index in [1.165, 1.54) is 6.07 Å². The molecule has 1 aliphatic heterocycles.